The molecule has 5 rings (SSSR count). The summed E-state index contributed by atoms with van der Waals surface area (Å²) in [5.74, 6) is 1.18. The van der Waals surface area contributed by atoms with Crippen LogP contribution in [0.5, 0.6) is 5.75 Å². The number of fused-ring (bicyclic) bond motifs is 5. The van der Waals surface area contributed by atoms with Crippen LogP contribution in [0.2, 0.25) is 0 Å². The molecule has 29 heavy (non-hydrogen) atoms. The molecule has 0 saturated carbocycles. The van der Waals surface area contributed by atoms with Crippen molar-refractivity contribution in [3.8, 4) is 5.75 Å². The number of nitrogens with zero attached hydrogens (tertiary/aromatic N) is 3. The van der Waals surface area contributed by atoms with Crippen LogP contribution in [0.4, 0.5) is 5.82 Å². The Hall–Kier alpha value is -1.91. The lowest BCUT2D eigenvalue weighted by Gasteiger charge is -2.41. The number of rotatable bonds is 2. The summed E-state index contributed by atoms with van der Waals surface area (Å²) in [5.41, 5.74) is 0. The van der Waals surface area contributed by atoms with E-state index in [9.17, 15) is 13.2 Å². The third-order valence-corrected chi connectivity index (χ3v) is 6.54. The smallest absolute Gasteiger partial charge is 0.260 e. The average molecular weight is 425 g/mol. The minimum absolute atomic E-state index is 0.0813. The Kier molecular flexibility index (Phi) is 5.93. The van der Waals surface area contributed by atoms with Gasteiger partial charge < -0.3 is 19.3 Å². The molecular formula is C19H28N4O5S. The van der Waals surface area contributed by atoms with Crippen LogP contribution in [0.15, 0.2) is 18.3 Å². The fraction of sp³-hybridized carbons (Fsp3) is 0.684. The zero-order valence-electron chi connectivity index (χ0n) is 16.6. The largest absolute Gasteiger partial charge is 0.480 e. The highest BCUT2D eigenvalue weighted by Gasteiger charge is 2.37. The number of carbonyl (C=O) groups is 1. The van der Waals surface area contributed by atoms with E-state index in [1.54, 1.807) is 17.2 Å². The fourth-order valence-electron chi connectivity index (χ4n) is 4.41. The minimum atomic E-state index is -3.39. The van der Waals surface area contributed by atoms with Crippen LogP contribution in [0.3, 0.4) is 0 Å². The highest BCUT2D eigenvalue weighted by atomic mass is 32.2. The summed E-state index contributed by atoms with van der Waals surface area (Å²) in [6.07, 6.45) is 6.06. The standard InChI is InChI=1S/C19H28N4O5S/c1-29(25,26)21-15-4-3-9-23-16(15)12-27-14-6-10-22(11-7-14)19-17(5-2-8-20-19)28-13-18(23)24/h2,5,8,14-16,21H,3-4,6-7,9-13H2,1H3/t15?,16-/m0/s1. The van der Waals surface area contributed by atoms with Gasteiger partial charge in [-0.3, -0.25) is 4.79 Å². The van der Waals surface area contributed by atoms with E-state index in [1.165, 1.54) is 0 Å². The van der Waals surface area contributed by atoms with E-state index in [2.05, 4.69) is 14.6 Å². The Morgan fingerprint density at radius 2 is 2.00 bits per heavy atom. The van der Waals surface area contributed by atoms with Crippen LogP contribution < -0.4 is 14.4 Å². The van der Waals surface area contributed by atoms with Gasteiger partial charge in [0.1, 0.15) is 0 Å². The van der Waals surface area contributed by atoms with E-state index in [0.29, 0.717) is 25.3 Å². The lowest BCUT2D eigenvalue weighted by atomic mass is 9.97. The lowest BCUT2D eigenvalue weighted by Crippen LogP contribution is -2.59. The predicted octanol–water partition coefficient (Wildman–Crippen LogP) is 0.368. The van der Waals surface area contributed by atoms with Crippen LogP contribution in [0.25, 0.3) is 0 Å². The molecule has 0 aliphatic carbocycles. The van der Waals surface area contributed by atoms with E-state index in [-0.39, 0.29) is 30.7 Å². The third-order valence-electron chi connectivity index (χ3n) is 5.81. The van der Waals surface area contributed by atoms with E-state index in [4.69, 9.17) is 9.47 Å². The quantitative estimate of drug-likeness (QED) is 0.732. The highest BCUT2D eigenvalue weighted by Crippen LogP contribution is 2.30. The first kappa shape index (κ1) is 20.4. The molecule has 10 heteroatoms. The van der Waals surface area contributed by atoms with Gasteiger partial charge in [-0.15, -0.1) is 0 Å². The van der Waals surface area contributed by atoms with Crippen LogP contribution in [-0.2, 0) is 19.6 Å². The van der Waals surface area contributed by atoms with Gasteiger partial charge in [-0.2, -0.15) is 0 Å². The van der Waals surface area contributed by atoms with Crippen molar-refractivity contribution in [2.24, 2.45) is 0 Å². The molecule has 1 aromatic heterocycles. The van der Waals surface area contributed by atoms with Crippen molar-refractivity contribution in [2.75, 3.05) is 44.0 Å². The van der Waals surface area contributed by atoms with Crippen molar-refractivity contribution in [3.05, 3.63) is 18.3 Å². The van der Waals surface area contributed by atoms with Crippen LogP contribution in [0.1, 0.15) is 25.7 Å². The number of carbonyl (C=O) groups excluding carboxylic acids is 1. The van der Waals surface area contributed by atoms with Gasteiger partial charge in [-0.25, -0.2) is 18.1 Å². The van der Waals surface area contributed by atoms with E-state index in [0.717, 1.165) is 44.4 Å². The molecule has 9 nitrogen and oxygen atoms in total. The molecule has 2 atom stereocenters. The second-order valence-corrected chi connectivity index (χ2v) is 9.71. The maximum absolute atomic E-state index is 13.0. The zero-order chi connectivity index (χ0) is 20.4. The highest BCUT2D eigenvalue weighted by molar-refractivity contribution is 7.88. The minimum Gasteiger partial charge on any atom is -0.480 e. The lowest BCUT2D eigenvalue weighted by molar-refractivity contribution is -0.140. The Bertz CT molecular complexity index is 841. The first-order chi connectivity index (χ1) is 13.9. The summed E-state index contributed by atoms with van der Waals surface area (Å²) in [6.45, 7) is 2.36. The van der Waals surface area contributed by atoms with Crippen molar-refractivity contribution < 1.29 is 22.7 Å². The molecule has 0 aromatic carbocycles. The number of piperidine rings is 2. The van der Waals surface area contributed by atoms with E-state index < -0.39 is 10.0 Å². The molecule has 1 unspecified atom stereocenters. The maximum atomic E-state index is 13.0. The topological polar surface area (TPSA) is 101 Å². The van der Waals surface area contributed by atoms with Gasteiger partial charge in [0, 0.05) is 31.9 Å². The molecule has 1 aromatic rings. The molecule has 5 heterocycles. The number of hydrogen-bond acceptors (Lipinski definition) is 7. The van der Waals surface area contributed by atoms with Gasteiger partial charge in [0.25, 0.3) is 5.91 Å². The molecule has 1 amide bonds. The van der Waals surface area contributed by atoms with Crippen molar-refractivity contribution >= 4 is 21.7 Å². The zero-order valence-corrected chi connectivity index (χ0v) is 17.4. The number of nitrogens with one attached hydrogen (secondary N) is 1. The van der Waals surface area contributed by atoms with Gasteiger partial charge >= 0.3 is 0 Å². The molecule has 1 N–H and O–H groups in total. The summed E-state index contributed by atoms with van der Waals surface area (Å²) in [4.78, 5) is 21.3. The normalized spacial score (nSPS) is 28.4. The Morgan fingerprint density at radius 1 is 1.21 bits per heavy atom. The van der Waals surface area contributed by atoms with Crippen molar-refractivity contribution in [2.45, 2.75) is 43.9 Å². The number of hydrogen-bond donors (Lipinski definition) is 1. The van der Waals surface area contributed by atoms with E-state index >= 15 is 0 Å². The SMILES string of the molecule is CS(=O)(=O)NC1CCCN2C(=O)COc3cccnc3N3CCC(CC3)OC[C@@H]12. The van der Waals surface area contributed by atoms with Gasteiger partial charge in [-0.1, -0.05) is 0 Å². The van der Waals surface area contributed by atoms with Gasteiger partial charge in [0.2, 0.25) is 10.0 Å². The molecule has 4 aliphatic heterocycles. The summed E-state index contributed by atoms with van der Waals surface area (Å²) < 4.78 is 38.4. The second kappa shape index (κ2) is 8.45. The maximum Gasteiger partial charge on any atom is 0.260 e. The van der Waals surface area contributed by atoms with Gasteiger partial charge in [0.15, 0.2) is 18.2 Å². The summed E-state index contributed by atoms with van der Waals surface area (Å²) in [5, 5.41) is 0. The first-order valence-corrected chi connectivity index (χ1v) is 12.0. The van der Waals surface area contributed by atoms with Crippen LogP contribution in [0, 0.1) is 0 Å². The monoisotopic (exact) mass is 424 g/mol. The molecule has 160 valence electrons. The molecule has 2 saturated heterocycles. The van der Waals surface area contributed by atoms with Gasteiger partial charge in [-0.05, 0) is 37.8 Å². The van der Waals surface area contributed by atoms with Gasteiger partial charge in [0.05, 0.1) is 25.0 Å². The average Bonchev–Trinajstić information content (AvgIpc) is 2.71. The number of aromatic nitrogens is 1. The number of ether oxygens (including phenoxy) is 2. The van der Waals surface area contributed by atoms with Crippen LogP contribution >= 0.6 is 0 Å². The third kappa shape index (κ3) is 4.81. The molecule has 2 bridgehead atoms. The van der Waals surface area contributed by atoms with Crippen molar-refractivity contribution in [1.82, 2.24) is 14.6 Å². The molecule has 4 aliphatic rings. The van der Waals surface area contributed by atoms with Crippen molar-refractivity contribution in [1.29, 1.82) is 0 Å². The Balaban J connectivity index is 1.61. The second-order valence-electron chi connectivity index (χ2n) is 7.93. The van der Waals surface area contributed by atoms with Crippen LogP contribution in [-0.4, -0.2) is 81.5 Å². The number of sulfonamides is 1. The first-order valence-electron chi connectivity index (χ1n) is 10.1. The summed E-state index contributed by atoms with van der Waals surface area (Å²) >= 11 is 0. The molecular weight excluding hydrogens is 396 g/mol. The number of anilines is 1. The number of pyridine rings is 1. The summed E-state index contributed by atoms with van der Waals surface area (Å²) in [6, 6.07) is 2.93. The molecule has 0 radical (unpaired) electrons. The van der Waals surface area contributed by atoms with Crippen molar-refractivity contribution in [3.63, 3.8) is 0 Å². The van der Waals surface area contributed by atoms with E-state index in [1.807, 2.05) is 6.07 Å². The number of amides is 1. The Labute approximate surface area is 171 Å². The molecule has 2 fully saturated rings. The fourth-order valence-corrected chi connectivity index (χ4v) is 5.23. The predicted molar refractivity (Wildman–Crippen MR) is 107 cm³/mol. The molecule has 0 spiro atoms. The Morgan fingerprint density at radius 3 is 2.76 bits per heavy atom. The summed E-state index contributed by atoms with van der Waals surface area (Å²) in [7, 11) is -3.39.